The normalized spacial score (nSPS) is 12.0. The second-order valence-corrected chi connectivity index (χ2v) is 8.65. The number of carbonyl (C=O) groups excluding carboxylic acids is 1. The molecule has 1 amide bonds. The number of amides is 1. The average molecular weight is 482 g/mol. The summed E-state index contributed by atoms with van der Waals surface area (Å²) in [6.07, 6.45) is 1.76. The molecule has 0 aliphatic carbocycles. The molecule has 0 saturated carbocycles. The molecule has 0 aliphatic heterocycles. The van der Waals surface area contributed by atoms with E-state index in [1.807, 2.05) is 49.4 Å². The van der Waals surface area contributed by atoms with Crippen molar-refractivity contribution < 1.29 is 9.53 Å². The summed E-state index contributed by atoms with van der Waals surface area (Å²) < 4.78 is 7.98. The number of carbonyl (C=O) groups is 1. The van der Waals surface area contributed by atoms with Crippen molar-refractivity contribution in [2.24, 2.45) is 0 Å². The predicted molar refractivity (Wildman–Crippen MR) is 133 cm³/mol. The zero-order chi connectivity index (χ0) is 23.2. The Morgan fingerprint density at radius 1 is 1.03 bits per heavy atom. The van der Waals surface area contributed by atoms with Gasteiger partial charge in [-0.1, -0.05) is 53.5 Å². The van der Waals surface area contributed by atoms with Gasteiger partial charge in [-0.15, -0.1) is 0 Å². The summed E-state index contributed by atoms with van der Waals surface area (Å²) in [5, 5.41) is 4.19. The molecule has 0 radical (unpaired) electrons. The summed E-state index contributed by atoms with van der Waals surface area (Å²) in [5.74, 6) is 1.33. The van der Waals surface area contributed by atoms with Crippen LogP contribution in [0.3, 0.4) is 0 Å². The van der Waals surface area contributed by atoms with Crippen molar-refractivity contribution in [1.82, 2.24) is 14.9 Å². The molecular formula is C26H25Cl2N3O2. The van der Waals surface area contributed by atoms with Crippen LogP contribution >= 0.6 is 23.2 Å². The fraction of sp³-hybridized carbons (Fsp3) is 0.231. The summed E-state index contributed by atoms with van der Waals surface area (Å²) >= 11 is 12.2. The van der Waals surface area contributed by atoms with Crippen LogP contribution in [0, 0.1) is 0 Å². The molecular weight excluding hydrogens is 457 g/mol. The number of hydrogen-bond donors (Lipinski definition) is 1. The lowest BCUT2D eigenvalue weighted by Crippen LogP contribution is -2.28. The Bertz CT molecular complexity index is 1260. The molecule has 170 valence electrons. The van der Waals surface area contributed by atoms with E-state index in [2.05, 4.69) is 16.0 Å². The van der Waals surface area contributed by atoms with Gasteiger partial charge in [0.2, 0.25) is 0 Å². The smallest absolute Gasteiger partial charge is 0.251 e. The molecule has 7 heteroatoms. The Morgan fingerprint density at radius 3 is 2.64 bits per heavy atom. The van der Waals surface area contributed by atoms with Crippen molar-refractivity contribution in [1.29, 1.82) is 0 Å². The van der Waals surface area contributed by atoms with E-state index in [4.69, 9.17) is 32.9 Å². The summed E-state index contributed by atoms with van der Waals surface area (Å²) in [5.41, 5.74) is 2.47. The molecule has 4 aromatic rings. The van der Waals surface area contributed by atoms with E-state index in [0.29, 0.717) is 28.0 Å². The Labute approximate surface area is 203 Å². The van der Waals surface area contributed by atoms with Gasteiger partial charge in [-0.05, 0) is 62.2 Å². The lowest BCUT2D eigenvalue weighted by Gasteiger charge is -2.17. The maximum absolute atomic E-state index is 12.7. The fourth-order valence-electron chi connectivity index (χ4n) is 3.75. The van der Waals surface area contributed by atoms with Crippen LogP contribution < -0.4 is 10.1 Å². The van der Waals surface area contributed by atoms with Crippen molar-refractivity contribution in [2.75, 3.05) is 6.61 Å². The minimum atomic E-state index is -0.275. The van der Waals surface area contributed by atoms with Crippen LogP contribution in [0.15, 0.2) is 72.8 Å². The van der Waals surface area contributed by atoms with Crippen LogP contribution in [-0.2, 0) is 6.54 Å². The van der Waals surface area contributed by atoms with Crippen molar-refractivity contribution in [3.63, 3.8) is 0 Å². The third-order valence-electron chi connectivity index (χ3n) is 5.38. The first-order valence-corrected chi connectivity index (χ1v) is 11.7. The van der Waals surface area contributed by atoms with Crippen molar-refractivity contribution in [3.05, 3.63) is 94.2 Å². The molecule has 1 atom stereocenters. The van der Waals surface area contributed by atoms with Crippen molar-refractivity contribution >= 4 is 40.1 Å². The largest absolute Gasteiger partial charge is 0.492 e. The van der Waals surface area contributed by atoms with E-state index in [1.54, 1.807) is 24.3 Å². The van der Waals surface area contributed by atoms with E-state index >= 15 is 0 Å². The highest BCUT2D eigenvalue weighted by Gasteiger charge is 2.19. The number of unbranched alkanes of at least 4 members (excludes halogenated alkanes) is 1. The number of aryl methyl sites for hydroxylation is 1. The number of rotatable bonds is 9. The Hall–Kier alpha value is -3.02. The maximum Gasteiger partial charge on any atom is 0.251 e. The SMILES string of the molecule is CC(NC(=O)c1cccc(Cl)c1)c1nc2ccccc2n1CCCCOc1ccccc1Cl. The number of halogens is 2. The number of nitrogens with one attached hydrogen (secondary N) is 1. The average Bonchev–Trinajstić information content (AvgIpc) is 3.19. The predicted octanol–water partition coefficient (Wildman–Crippen LogP) is 6.69. The van der Waals surface area contributed by atoms with Crippen LogP contribution in [0.1, 0.15) is 42.0 Å². The maximum atomic E-state index is 12.7. The van der Waals surface area contributed by atoms with Gasteiger partial charge in [-0.25, -0.2) is 4.98 Å². The summed E-state index contributed by atoms with van der Waals surface area (Å²) in [7, 11) is 0. The molecule has 0 fully saturated rings. The summed E-state index contributed by atoms with van der Waals surface area (Å²) in [4.78, 5) is 17.5. The van der Waals surface area contributed by atoms with Gasteiger partial charge in [-0.3, -0.25) is 4.79 Å². The lowest BCUT2D eigenvalue weighted by molar-refractivity contribution is 0.0937. The van der Waals surface area contributed by atoms with Gasteiger partial charge in [0.25, 0.3) is 5.91 Å². The molecule has 0 spiro atoms. The number of ether oxygens (including phenoxy) is 1. The molecule has 1 unspecified atom stereocenters. The minimum Gasteiger partial charge on any atom is -0.492 e. The standard InChI is InChI=1S/C26H25Cl2N3O2/c1-18(29-26(32)19-9-8-10-20(27)17-19)25-30-22-12-3-4-13-23(22)31(25)15-6-7-16-33-24-14-5-2-11-21(24)28/h2-5,8-14,17-18H,6-7,15-16H2,1H3,(H,29,32). The van der Waals surface area contributed by atoms with E-state index in [1.165, 1.54) is 0 Å². The number of imidazole rings is 1. The number of aromatic nitrogens is 2. The van der Waals surface area contributed by atoms with Gasteiger partial charge < -0.3 is 14.6 Å². The fourth-order valence-corrected chi connectivity index (χ4v) is 4.13. The Balaban J connectivity index is 1.44. The first kappa shape index (κ1) is 23.1. The van der Waals surface area contributed by atoms with Crippen molar-refractivity contribution in [2.45, 2.75) is 32.4 Å². The lowest BCUT2D eigenvalue weighted by atomic mass is 10.2. The highest BCUT2D eigenvalue weighted by molar-refractivity contribution is 6.32. The van der Waals surface area contributed by atoms with E-state index in [0.717, 1.165) is 36.2 Å². The third-order valence-corrected chi connectivity index (χ3v) is 5.92. The molecule has 1 N–H and O–H groups in total. The number of hydrogen-bond acceptors (Lipinski definition) is 3. The molecule has 0 saturated heterocycles. The number of fused-ring (bicyclic) bond motifs is 1. The number of benzene rings is 3. The van der Waals surface area contributed by atoms with Gasteiger partial charge in [0, 0.05) is 17.1 Å². The molecule has 0 bridgehead atoms. The Morgan fingerprint density at radius 2 is 1.82 bits per heavy atom. The summed E-state index contributed by atoms with van der Waals surface area (Å²) in [6.45, 7) is 3.28. The van der Waals surface area contributed by atoms with Gasteiger partial charge in [0.05, 0.1) is 28.7 Å². The van der Waals surface area contributed by atoms with Gasteiger partial charge >= 0.3 is 0 Å². The first-order chi connectivity index (χ1) is 16.0. The van der Waals surface area contributed by atoms with Crippen LogP contribution in [0.5, 0.6) is 5.75 Å². The molecule has 1 aromatic heterocycles. The zero-order valence-electron chi connectivity index (χ0n) is 18.3. The monoisotopic (exact) mass is 481 g/mol. The van der Waals surface area contributed by atoms with Gasteiger partial charge in [-0.2, -0.15) is 0 Å². The van der Waals surface area contributed by atoms with Gasteiger partial charge in [0.1, 0.15) is 11.6 Å². The van der Waals surface area contributed by atoms with Crippen LogP contribution in [0.4, 0.5) is 0 Å². The van der Waals surface area contributed by atoms with Gasteiger partial charge in [0.15, 0.2) is 0 Å². The molecule has 0 aliphatic rings. The summed E-state index contributed by atoms with van der Waals surface area (Å²) in [6, 6.07) is 22.1. The second-order valence-electron chi connectivity index (χ2n) is 7.80. The zero-order valence-corrected chi connectivity index (χ0v) is 19.8. The quantitative estimate of drug-likeness (QED) is 0.270. The molecule has 33 heavy (non-hydrogen) atoms. The van der Waals surface area contributed by atoms with Crippen molar-refractivity contribution in [3.8, 4) is 5.75 Å². The van der Waals surface area contributed by atoms with E-state index in [9.17, 15) is 4.79 Å². The number of para-hydroxylation sites is 3. The van der Waals surface area contributed by atoms with E-state index < -0.39 is 0 Å². The van der Waals surface area contributed by atoms with Crippen LogP contribution in [0.25, 0.3) is 11.0 Å². The third kappa shape index (κ3) is 5.67. The topological polar surface area (TPSA) is 56.2 Å². The highest BCUT2D eigenvalue weighted by atomic mass is 35.5. The molecule has 3 aromatic carbocycles. The minimum absolute atomic E-state index is 0.184. The number of nitrogens with zero attached hydrogens (tertiary/aromatic N) is 2. The molecule has 4 rings (SSSR count). The molecule has 5 nitrogen and oxygen atoms in total. The van der Waals surface area contributed by atoms with Crippen LogP contribution in [0.2, 0.25) is 10.0 Å². The van der Waals surface area contributed by atoms with Crippen LogP contribution in [-0.4, -0.2) is 22.1 Å². The Kier molecular flexibility index (Phi) is 7.53. The highest BCUT2D eigenvalue weighted by Crippen LogP contribution is 2.24. The first-order valence-electron chi connectivity index (χ1n) is 10.9. The second kappa shape index (κ2) is 10.7. The van der Waals surface area contributed by atoms with E-state index in [-0.39, 0.29) is 11.9 Å². The molecule has 1 heterocycles.